The van der Waals surface area contributed by atoms with E-state index in [0.29, 0.717) is 11.3 Å². The molecule has 0 radical (unpaired) electrons. The van der Waals surface area contributed by atoms with E-state index in [1.807, 2.05) is 25.6 Å². The van der Waals surface area contributed by atoms with Crippen LogP contribution in [-0.4, -0.2) is 36.2 Å². The molecule has 0 aromatic rings. The Labute approximate surface area is 104 Å². The van der Waals surface area contributed by atoms with Crippen molar-refractivity contribution >= 4 is 17.7 Å². The van der Waals surface area contributed by atoms with Crippen LogP contribution in [0.3, 0.4) is 0 Å². The highest BCUT2D eigenvalue weighted by Crippen LogP contribution is 2.15. The van der Waals surface area contributed by atoms with Crippen molar-refractivity contribution in [2.45, 2.75) is 57.9 Å². The lowest BCUT2D eigenvalue weighted by Crippen LogP contribution is -2.42. The lowest BCUT2D eigenvalue weighted by molar-refractivity contribution is -0.143. The molecule has 0 aliphatic rings. The Morgan fingerprint density at radius 3 is 2.44 bits per heavy atom. The maximum Gasteiger partial charge on any atom is 0.322 e. The van der Waals surface area contributed by atoms with Crippen molar-refractivity contribution in [2.24, 2.45) is 0 Å². The fraction of sp³-hybridized carbons (Fsp3) is 0.917. The SMILES string of the molecule is CCC(C)SCCC(NC(C)C)C(=O)OC. The largest absolute Gasteiger partial charge is 0.468 e. The van der Waals surface area contributed by atoms with Crippen molar-refractivity contribution in [3.05, 3.63) is 0 Å². The van der Waals surface area contributed by atoms with Crippen molar-refractivity contribution in [1.82, 2.24) is 5.32 Å². The van der Waals surface area contributed by atoms with Crippen LogP contribution in [0.2, 0.25) is 0 Å². The van der Waals surface area contributed by atoms with Gasteiger partial charge < -0.3 is 10.1 Å². The second-order valence-corrected chi connectivity index (χ2v) is 5.82. The van der Waals surface area contributed by atoms with Crippen LogP contribution in [0.4, 0.5) is 0 Å². The quantitative estimate of drug-likeness (QED) is 0.669. The van der Waals surface area contributed by atoms with Crippen molar-refractivity contribution < 1.29 is 9.53 Å². The predicted octanol–water partition coefficient (Wildman–Crippen LogP) is 2.45. The number of hydrogen-bond acceptors (Lipinski definition) is 4. The minimum atomic E-state index is -0.165. The number of esters is 1. The fourth-order valence-corrected chi connectivity index (χ4v) is 2.33. The molecule has 1 N–H and O–H groups in total. The number of ether oxygens (including phenoxy) is 1. The summed E-state index contributed by atoms with van der Waals surface area (Å²) in [4.78, 5) is 11.5. The molecule has 0 heterocycles. The van der Waals surface area contributed by atoms with Gasteiger partial charge in [0.1, 0.15) is 6.04 Å². The molecule has 2 unspecified atom stereocenters. The van der Waals surface area contributed by atoms with E-state index in [1.54, 1.807) is 0 Å². The highest BCUT2D eigenvalue weighted by Gasteiger charge is 2.19. The van der Waals surface area contributed by atoms with E-state index in [0.717, 1.165) is 12.2 Å². The number of hydrogen-bond donors (Lipinski definition) is 1. The van der Waals surface area contributed by atoms with Gasteiger partial charge >= 0.3 is 5.97 Å². The van der Waals surface area contributed by atoms with Crippen LogP contribution in [0.15, 0.2) is 0 Å². The monoisotopic (exact) mass is 247 g/mol. The van der Waals surface area contributed by atoms with E-state index in [-0.39, 0.29) is 12.0 Å². The molecule has 0 fully saturated rings. The number of rotatable bonds is 8. The van der Waals surface area contributed by atoms with Crippen LogP contribution in [0, 0.1) is 0 Å². The maximum absolute atomic E-state index is 11.5. The summed E-state index contributed by atoms with van der Waals surface area (Å²) in [6, 6.07) is 0.138. The van der Waals surface area contributed by atoms with Gasteiger partial charge in [0.15, 0.2) is 0 Å². The molecule has 0 aliphatic carbocycles. The van der Waals surface area contributed by atoms with Crippen LogP contribution in [-0.2, 0) is 9.53 Å². The summed E-state index contributed by atoms with van der Waals surface area (Å²) in [6.45, 7) is 8.48. The first kappa shape index (κ1) is 15.8. The van der Waals surface area contributed by atoms with Gasteiger partial charge in [-0.05, 0) is 18.6 Å². The summed E-state index contributed by atoms with van der Waals surface area (Å²) in [5.41, 5.74) is 0. The summed E-state index contributed by atoms with van der Waals surface area (Å²) in [5, 5.41) is 3.90. The standard InChI is InChI=1S/C12H25NO2S/c1-6-10(4)16-8-7-11(12(14)15-5)13-9(2)3/h9-11,13H,6-8H2,1-5H3. The third-order valence-electron chi connectivity index (χ3n) is 2.40. The molecular weight excluding hydrogens is 222 g/mol. The van der Waals surface area contributed by atoms with Gasteiger partial charge in [0.2, 0.25) is 0 Å². The predicted molar refractivity (Wildman–Crippen MR) is 70.9 cm³/mol. The molecule has 0 aromatic heterocycles. The first-order valence-electron chi connectivity index (χ1n) is 5.96. The van der Waals surface area contributed by atoms with E-state index in [2.05, 4.69) is 19.2 Å². The Morgan fingerprint density at radius 1 is 1.38 bits per heavy atom. The number of thioether (sulfide) groups is 1. The minimum Gasteiger partial charge on any atom is -0.468 e. The van der Waals surface area contributed by atoms with E-state index in [9.17, 15) is 4.79 Å². The van der Waals surface area contributed by atoms with Gasteiger partial charge in [-0.3, -0.25) is 4.79 Å². The van der Waals surface area contributed by atoms with Gasteiger partial charge in [-0.15, -0.1) is 0 Å². The topological polar surface area (TPSA) is 38.3 Å². The number of carbonyl (C=O) groups excluding carboxylic acids is 1. The molecule has 3 nitrogen and oxygen atoms in total. The van der Waals surface area contributed by atoms with Crippen molar-refractivity contribution in [2.75, 3.05) is 12.9 Å². The second kappa shape index (κ2) is 8.88. The van der Waals surface area contributed by atoms with Crippen molar-refractivity contribution in [3.63, 3.8) is 0 Å². The van der Waals surface area contributed by atoms with Gasteiger partial charge in [-0.25, -0.2) is 0 Å². The molecule has 0 amide bonds. The Bertz CT molecular complexity index is 197. The van der Waals surface area contributed by atoms with Crippen LogP contribution in [0.1, 0.15) is 40.5 Å². The number of methoxy groups -OCH3 is 1. The highest BCUT2D eigenvalue weighted by atomic mass is 32.2. The highest BCUT2D eigenvalue weighted by molar-refractivity contribution is 7.99. The molecule has 16 heavy (non-hydrogen) atoms. The Hall–Kier alpha value is -0.220. The van der Waals surface area contributed by atoms with E-state index in [1.165, 1.54) is 13.5 Å². The van der Waals surface area contributed by atoms with E-state index in [4.69, 9.17) is 4.74 Å². The Balaban J connectivity index is 3.97. The molecular formula is C12H25NO2S. The molecule has 0 bridgehead atoms. The maximum atomic E-state index is 11.5. The molecule has 0 spiro atoms. The summed E-state index contributed by atoms with van der Waals surface area (Å²) in [6.07, 6.45) is 2.00. The van der Waals surface area contributed by atoms with Crippen molar-refractivity contribution in [1.29, 1.82) is 0 Å². The second-order valence-electron chi connectivity index (χ2n) is 4.28. The van der Waals surface area contributed by atoms with E-state index >= 15 is 0 Å². The molecule has 0 saturated heterocycles. The normalized spacial score (nSPS) is 14.9. The fourth-order valence-electron chi connectivity index (χ4n) is 1.32. The molecule has 2 atom stereocenters. The Kier molecular flexibility index (Phi) is 8.76. The third kappa shape index (κ3) is 7.12. The van der Waals surface area contributed by atoms with Crippen LogP contribution < -0.4 is 5.32 Å². The van der Waals surface area contributed by atoms with Gasteiger partial charge in [0.25, 0.3) is 0 Å². The van der Waals surface area contributed by atoms with Crippen LogP contribution in [0.25, 0.3) is 0 Å². The average Bonchev–Trinajstić information content (AvgIpc) is 2.25. The lowest BCUT2D eigenvalue weighted by atomic mass is 10.2. The lowest BCUT2D eigenvalue weighted by Gasteiger charge is -2.19. The van der Waals surface area contributed by atoms with Crippen LogP contribution in [0.5, 0.6) is 0 Å². The Morgan fingerprint density at radius 2 is 2.00 bits per heavy atom. The van der Waals surface area contributed by atoms with Gasteiger partial charge in [0, 0.05) is 11.3 Å². The van der Waals surface area contributed by atoms with Gasteiger partial charge in [-0.2, -0.15) is 11.8 Å². The van der Waals surface area contributed by atoms with Crippen molar-refractivity contribution in [3.8, 4) is 0 Å². The zero-order chi connectivity index (χ0) is 12.6. The summed E-state index contributed by atoms with van der Waals surface area (Å²) in [5.74, 6) is 0.840. The summed E-state index contributed by atoms with van der Waals surface area (Å²) < 4.78 is 4.79. The molecule has 0 saturated carbocycles. The molecule has 0 aliphatic heterocycles. The number of nitrogens with one attached hydrogen (secondary N) is 1. The third-order valence-corrected chi connectivity index (χ3v) is 3.78. The minimum absolute atomic E-state index is 0.154. The van der Waals surface area contributed by atoms with Crippen LogP contribution >= 0.6 is 11.8 Å². The average molecular weight is 247 g/mol. The molecule has 96 valence electrons. The molecule has 0 rings (SSSR count). The van der Waals surface area contributed by atoms with Gasteiger partial charge in [0.05, 0.1) is 7.11 Å². The molecule has 0 aromatic carbocycles. The number of carbonyl (C=O) groups is 1. The molecule has 4 heteroatoms. The first-order chi connectivity index (χ1) is 7.51. The zero-order valence-corrected chi connectivity index (χ0v) is 11.9. The van der Waals surface area contributed by atoms with Gasteiger partial charge in [-0.1, -0.05) is 27.7 Å². The summed E-state index contributed by atoms with van der Waals surface area (Å²) >= 11 is 1.91. The smallest absolute Gasteiger partial charge is 0.322 e. The zero-order valence-electron chi connectivity index (χ0n) is 11.1. The first-order valence-corrected chi connectivity index (χ1v) is 7.01. The summed E-state index contributed by atoms with van der Waals surface area (Å²) in [7, 11) is 1.44. The van der Waals surface area contributed by atoms with E-state index < -0.39 is 0 Å².